The molecule has 0 saturated heterocycles. The lowest BCUT2D eigenvalue weighted by Gasteiger charge is -2.04. The number of benzene rings is 1. The highest BCUT2D eigenvalue weighted by molar-refractivity contribution is 5.90. The van der Waals surface area contributed by atoms with Crippen molar-refractivity contribution in [2.45, 2.75) is 6.92 Å². The van der Waals surface area contributed by atoms with Gasteiger partial charge in [0.15, 0.2) is 0 Å². The summed E-state index contributed by atoms with van der Waals surface area (Å²) in [6.45, 7) is 1.85. The molecule has 0 radical (unpaired) electrons. The summed E-state index contributed by atoms with van der Waals surface area (Å²) in [7, 11) is 0. The molecule has 0 unspecified atom stereocenters. The lowest BCUT2D eigenvalue weighted by Crippen LogP contribution is -2.08. The van der Waals surface area contributed by atoms with Crippen molar-refractivity contribution in [3.63, 3.8) is 0 Å². The van der Waals surface area contributed by atoms with E-state index in [2.05, 4.69) is 4.98 Å². The molecule has 16 heavy (non-hydrogen) atoms. The van der Waals surface area contributed by atoms with E-state index < -0.39 is 0 Å². The zero-order valence-corrected chi connectivity index (χ0v) is 8.88. The molecule has 3 heteroatoms. The molecule has 2 aromatic rings. The molecule has 1 heterocycles. The summed E-state index contributed by atoms with van der Waals surface area (Å²) < 4.78 is 5.20. The summed E-state index contributed by atoms with van der Waals surface area (Å²) >= 11 is 0. The monoisotopic (exact) mass is 213 g/mol. The van der Waals surface area contributed by atoms with Crippen molar-refractivity contribution in [2.24, 2.45) is 0 Å². The van der Waals surface area contributed by atoms with Gasteiger partial charge in [-0.1, -0.05) is 18.2 Å². The van der Waals surface area contributed by atoms with Crippen LogP contribution in [0.15, 0.2) is 48.7 Å². The number of aryl methyl sites for hydroxylation is 1. The van der Waals surface area contributed by atoms with Crippen LogP contribution in [0.4, 0.5) is 0 Å². The van der Waals surface area contributed by atoms with Gasteiger partial charge in [-0.3, -0.25) is 4.98 Å². The van der Waals surface area contributed by atoms with E-state index in [1.807, 2.05) is 13.0 Å². The first-order valence-corrected chi connectivity index (χ1v) is 4.95. The van der Waals surface area contributed by atoms with Crippen LogP contribution in [0.3, 0.4) is 0 Å². The number of rotatable bonds is 2. The number of carbonyl (C=O) groups excluding carboxylic acids is 1. The van der Waals surface area contributed by atoms with Gasteiger partial charge in [-0.15, -0.1) is 0 Å². The Balaban J connectivity index is 2.14. The largest absolute Gasteiger partial charge is 0.423 e. The van der Waals surface area contributed by atoms with E-state index in [9.17, 15) is 4.79 Å². The van der Waals surface area contributed by atoms with Gasteiger partial charge in [0.25, 0.3) is 0 Å². The topological polar surface area (TPSA) is 39.2 Å². The van der Waals surface area contributed by atoms with Gasteiger partial charge in [-0.2, -0.15) is 0 Å². The fraction of sp³-hybridized carbons (Fsp3) is 0.0769. The summed E-state index contributed by atoms with van der Waals surface area (Å²) in [5.74, 6) is 0.160. The molecule has 0 amide bonds. The van der Waals surface area contributed by atoms with E-state index in [4.69, 9.17) is 4.74 Å². The number of pyridine rings is 1. The average Bonchev–Trinajstić information content (AvgIpc) is 2.30. The summed E-state index contributed by atoms with van der Waals surface area (Å²) in [5, 5.41) is 0. The van der Waals surface area contributed by atoms with Crippen molar-refractivity contribution < 1.29 is 9.53 Å². The first kappa shape index (κ1) is 10.4. The molecule has 0 fully saturated rings. The van der Waals surface area contributed by atoms with Gasteiger partial charge in [0.2, 0.25) is 0 Å². The maximum Gasteiger partial charge on any atom is 0.343 e. The molecule has 80 valence electrons. The Morgan fingerprint density at radius 1 is 1.19 bits per heavy atom. The normalized spacial score (nSPS) is 9.81. The predicted molar refractivity (Wildman–Crippen MR) is 60.4 cm³/mol. The lowest BCUT2D eigenvalue weighted by molar-refractivity contribution is 0.0734. The minimum atomic E-state index is -0.355. The third kappa shape index (κ3) is 2.45. The summed E-state index contributed by atoms with van der Waals surface area (Å²) in [6.07, 6.45) is 1.61. The smallest absolute Gasteiger partial charge is 0.343 e. The molecular formula is C13H11NO2. The first-order chi connectivity index (χ1) is 7.75. The van der Waals surface area contributed by atoms with Crippen LogP contribution < -0.4 is 4.74 Å². The third-order valence-electron chi connectivity index (χ3n) is 2.09. The summed E-state index contributed by atoms with van der Waals surface area (Å²) in [4.78, 5) is 15.7. The molecule has 0 atom stereocenters. The Bertz CT molecular complexity index is 494. The Morgan fingerprint density at radius 2 is 1.94 bits per heavy atom. The molecule has 3 nitrogen and oxygen atoms in total. The predicted octanol–water partition coefficient (Wildman–Crippen LogP) is 2.61. The fourth-order valence-electron chi connectivity index (χ4n) is 1.32. The van der Waals surface area contributed by atoms with Crippen molar-refractivity contribution in [1.29, 1.82) is 0 Å². The number of ether oxygens (including phenoxy) is 1. The van der Waals surface area contributed by atoms with Crippen LogP contribution in [-0.2, 0) is 0 Å². The zero-order valence-electron chi connectivity index (χ0n) is 8.88. The lowest BCUT2D eigenvalue weighted by atomic mass is 10.2. The van der Waals surface area contributed by atoms with Gasteiger partial charge >= 0.3 is 5.97 Å². The van der Waals surface area contributed by atoms with Crippen LogP contribution >= 0.6 is 0 Å². The first-order valence-electron chi connectivity index (χ1n) is 4.95. The molecule has 0 N–H and O–H groups in total. The van der Waals surface area contributed by atoms with Crippen molar-refractivity contribution in [3.8, 4) is 5.75 Å². The van der Waals surface area contributed by atoms with Crippen LogP contribution in [0.5, 0.6) is 5.75 Å². The van der Waals surface area contributed by atoms with E-state index in [1.54, 1.807) is 42.6 Å². The Morgan fingerprint density at radius 3 is 2.62 bits per heavy atom. The van der Waals surface area contributed by atoms with Gasteiger partial charge in [-0.25, -0.2) is 4.79 Å². The van der Waals surface area contributed by atoms with Crippen LogP contribution in [0.25, 0.3) is 0 Å². The van der Waals surface area contributed by atoms with Gasteiger partial charge in [0.05, 0.1) is 5.56 Å². The molecule has 0 saturated carbocycles. The molecule has 1 aromatic carbocycles. The fourth-order valence-corrected chi connectivity index (χ4v) is 1.32. The average molecular weight is 213 g/mol. The molecule has 0 spiro atoms. The maximum atomic E-state index is 11.7. The van der Waals surface area contributed by atoms with E-state index in [-0.39, 0.29) is 5.97 Å². The quantitative estimate of drug-likeness (QED) is 0.720. The van der Waals surface area contributed by atoms with Crippen LogP contribution in [0.1, 0.15) is 16.1 Å². The molecule has 2 rings (SSSR count). The van der Waals surface area contributed by atoms with Crippen molar-refractivity contribution in [3.05, 3.63) is 59.9 Å². The number of hydrogen-bond acceptors (Lipinski definition) is 3. The van der Waals surface area contributed by atoms with E-state index in [1.165, 1.54) is 0 Å². The number of carbonyl (C=O) groups is 1. The Labute approximate surface area is 93.7 Å². The Kier molecular flexibility index (Phi) is 2.96. The van der Waals surface area contributed by atoms with Crippen molar-refractivity contribution in [1.82, 2.24) is 4.98 Å². The summed E-state index contributed by atoms with van der Waals surface area (Å²) in [6, 6.07) is 12.3. The SMILES string of the molecule is Cc1cc(OC(=O)c2ccccc2)ccn1. The van der Waals surface area contributed by atoms with Crippen molar-refractivity contribution >= 4 is 5.97 Å². The highest BCUT2D eigenvalue weighted by atomic mass is 16.5. The standard InChI is InChI=1S/C13H11NO2/c1-10-9-12(7-8-14-10)16-13(15)11-5-3-2-4-6-11/h2-9H,1H3. The van der Waals surface area contributed by atoms with E-state index in [0.29, 0.717) is 11.3 Å². The number of aromatic nitrogens is 1. The molecule has 1 aromatic heterocycles. The van der Waals surface area contributed by atoms with Gasteiger partial charge < -0.3 is 4.74 Å². The van der Waals surface area contributed by atoms with Crippen LogP contribution in [0.2, 0.25) is 0 Å². The Hall–Kier alpha value is -2.16. The highest BCUT2D eigenvalue weighted by Gasteiger charge is 2.07. The highest BCUT2D eigenvalue weighted by Crippen LogP contribution is 2.12. The van der Waals surface area contributed by atoms with E-state index in [0.717, 1.165) is 5.69 Å². The van der Waals surface area contributed by atoms with Gasteiger partial charge in [0, 0.05) is 18.0 Å². The minimum Gasteiger partial charge on any atom is -0.423 e. The van der Waals surface area contributed by atoms with Gasteiger partial charge in [0.1, 0.15) is 5.75 Å². The zero-order chi connectivity index (χ0) is 11.4. The molecule has 0 bridgehead atoms. The number of esters is 1. The molecule has 0 aliphatic carbocycles. The second-order valence-corrected chi connectivity index (χ2v) is 3.39. The third-order valence-corrected chi connectivity index (χ3v) is 2.09. The molecular weight excluding hydrogens is 202 g/mol. The van der Waals surface area contributed by atoms with E-state index >= 15 is 0 Å². The van der Waals surface area contributed by atoms with Gasteiger partial charge in [-0.05, 0) is 25.1 Å². The van der Waals surface area contributed by atoms with Crippen molar-refractivity contribution in [2.75, 3.05) is 0 Å². The second-order valence-electron chi connectivity index (χ2n) is 3.39. The number of hydrogen-bond donors (Lipinski definition) is 0. The minimum absolute atomic E-state index is 0.355. The number of nitrogens with zero attached hydrogens (tertiary/aromatic N) is 1. The van der Waals surface area contributed by atoms with Crippen LogP contribution in [0, 0.1) is 6.92 Å². The summed E-state index contributed by atoms with van der Waals surface area (Å²) in [5.41, 5.74) is 1.36. The second kappa shape index (κ2) is 4.57. The molecule has 0 aliphatic rings. The maximum absolute atomic E-state index is 11.7. The molecule has 0 aliphatic heterocycles. The van der Waals surface area contributed by atoms with Crippen LogP contribution in [-0.4, -0.2) is 11.0 Å².